The number of H-pyrrole nitrogens is 1. The number of carbonyl (C=O) groups excluding carboxylic acids is 1. The normalized spacial score (nSPS) is 18.2. The molecule has 1 atom stereocenters. The summed E-state index contributed by atoms with van der Waals surface area (Å²) in [5.74, 6) is 0.714. The lowest BCUT2D eigenvalue weighted by Gasteiger charge is -2.33. The number of ether oxygens (including phenoxy) is 2. The molecule has 7 heteroatoms. The number of halogens is 1. The number of imidazole rings is 1. The summed E-state index contributed by atoms with van der Waals surface area (Å²) in [6.07, 6.45) is 1.18. The second-order valence-electron chi connectivity index (χ2n) is 6.97. The van der Waals surface area contributed by atoms with Crippen LogP contribution in [0.1, 0.15) is 32.7 Å². The third-order valence-corrected chi connectivity index (χ3v) is 4.30. The number of rotatable bonds is 2. The van der Waals surface area contributed by atoms with Crippen LogP contribution >= 0.6 is 15.9 Å². The number of aromatic amines is 1. The molecule has 0 aliphatic carbocycles. The number of nitrogens with zero attached hydrogens (tertiary/aromatic N) is 2. The molecule has 0 radical (unpaired) electrons. The lowest BCUT2D eigenvalue weighted by molar-refractivity contribution is -0.0459. The fourth-order valence-corrected chi connectivity index (χ4v) is 2.85. The minimum atomic E-state index is -0.510. The summed E-state index contributed by atoms with van der Waals surface area (Å²) < 4.78 is 12.3. The molecule has 2 heterocycles. The third kappa shape index (κ3) is 4.61. The van der Waals surface area contributed by atoms with Crippen LogP contribution in [0, 0.1) is 0 Å². The Morgan fingerprint density at radius 3 is 2.76 bits per heavy atom. The molecule has 1 aromatic heterocycles. The van der Waals surface area contributed by atoms with E-state index in [1.165, 1.54) is 0 Å². The van der Waals surface area contributed by atoms with Crippen LogP contribution in [-0.2, 0) is 9.47 Å². The Kier molecular flexibility index (Phi) is 5.15. The summed E-state index contributed by atoms with van der Waals surface area (Å²) >= 11 is 3.43. The van der Waals surface area contributed by atoms with Gasteiger partial charge in [-0.3, -0.25) is 0 Å². The highest BCUT2D eigenvalue weighted by molar-refractivity contribution is 9.10. The van der Waals surface area contributed by atoms with Crippen molar-refractivity contribution in [1.29, 1.82) is 0 Å². The number of benzene rings is 1. The number of morpholine rings is 1. The molecule has 1 aliphatic rings. The second-order valence-corrected chi connectivity index (χ2v) is 7.89. The van der Waals surface area contributed by atoms with E-state index in [-0.39, 0.29) is 12.2 Å². The van der Waals surface area contributed by atoms with E-state index in [1.807, 2.05) is 45.0 Å². The van der Waals surface area contributed by atoms with Gasteiger partial charge in [-0.2, -0.15) is 0 Å². The van der Waals surface area contributed by atoms with Gasteiger partial charge in [0.1, 0.15) is 17.5 Å². The Hall–Kier alpha value is -1.86. The SMILES string of the molecule is CC(C)(C)OC(=O)N1CCOC(c2ncc(-c3ccc(Br)cc3)[nH]2)C1. The first-order valence-electron chi connectivity index (χ1n) is 8.22. The van der Waals surface area contributed by atoms with Gasteiger partial charge < -0.3 is 19.4 Å². The van der Waals surface area contributed by atoms with Gasteiger partial charge >= 0.3 is 6.09 Å². The van der Waals surface area contributed by atoms with Gasteiger partial charge in [0, 0.05) is 11.0 Å². The average molecular weight is 408 g/mol. The Bertz CT molecular complexity index is 737. The summed E-state index contributed by atoms with van der Waals surface area (Å²) in [5, 5.41) is 0. The van der Waals surface area contributed by atoms with E-state index in [0.717, 1.165) is 15.7 Å². The Morgan fingerprint density at radius 1 is 1.36 bits per heavy atom. The molecule has 0 saturated carbocycles. The van der Waals surface area contributed by atoms with Gasteiger partial charge in [0.15, 0.2) is 0 Å². The van der Waals surface area contributed by atoms with Crippen LogP contribution < -0.4 is 0 Å². The van der Waals surface area contributed by atoms with E-state index >= 15 is 0 Å². The molecular weight excluding hydrogens is 386 g/mol. The number of nitrogens with one attached hydrogen (secondary N) is 1. The van der Waals surface area contributed by atoms with E-state index in [0.29, 0.717) is 25.5 Å². The quantitative estimate of drug-likeness (QED) is 0.811. The van der Waals surface area contributed by atoms with Crippen molar-refractivity contribution in [3.8, 4) is 11.3 Å². The van der Waals surface area contributed by atoms with Crippen LogP contribution in [0.15, 0.2) is 34.9 Å². The Labute approximate surface area is 155 Å². The maximum atomic E-state index is 12.3. The standard InChI is InChI=1S/C18H22BrN3O3/c1-18(2,3)25-17(23)22-8-9-24-15(11-22)16-20-10-14(21-16)12-4-6-13(19)7-5-12/h4-7,10,15H,8-9,11H2,1-3H3,(H,20,21). The summed E-state index contributed by atoms with van der Waals surface area (Å²) in [5.41, 5.74) is 1.45. The summed E-state index contributed by atoms with van der Waals surface area (Å²) in [6.45, 7) is 6.98. The summed E-state index contributed by atoms with van der Waals surface area (Å²) in [4.78, 5) is 21.7. The highest BCUT2D eigenvalue weighted by Crippen LogP contribution is 2.25. The molecule has 0 spiro atoms. The largest absolute Gasteiger partial charge is 0.444 e. The van der Waals surface area contributed by atoms with E-state index in [1.54, 1.807) is 11.1 Å². The van der Waals surface area contributed by atoms with Crippen LogP contribution in [0.3, 0.4) is 0 Å². The van der Waals surface area contributed by atoms with E-state index < -0.39 is 5.60 Å². The lowest BCUT2D eigenvalue weighted by Crippen LogP contribution is -2.44. The first-order valence-corrected chi connectivity index (χ1v) is 9.01. The van der Waals surface area contributed by atoms with Crippen LogP contribution in [0.25, 0.3) is 11.3 Å². The Balaban J connectivity index is 1.70. The minimum Gasteiger partial charge on any atom is -0.444 e. The molecule has 2 aromatic rings. The zero-order chi connectivity index (χ0) is 18.0. The predicted molar refractivity (Wildman–Crippen MR) is 98.2 cm³/mol. The van der Waals surface area contributed by atoms with Gasteiger partial charge in [0.2, 0.25) is 0 Å². The van der Waals surface area contributed by atoms with Crippen molar-refractivity contribution in [2.75, 3.05) is 19.7 Å². The zero-order valence-corrected chi connectivity index (χ0v) is 16.2. The highest BCUT2D eigenvalue weighted by Gasteiger charge is 2.30. The molecule has 1 N–H and O–H groups in total. The highest BCUT2D eigenvalue weighted by atomic mass is 79.9. The topological polar surface area (TPSA) is 67.4 Å². The molecular formula is C18H22BrN3O3. The van der Waals surface area contributed by atoms with Crippen LogP contribution in [0.5, 0.6) is 0 Å². The number of carbonyl (C=O) groups is 1. The van der Waals surface area contributed by atoms with Gasteiger partial charge in [-0.1, -0.05) is 28.1 Å². The number of aromatic nitrogens is 2. The average Bonchev–Trinajstić information content (AvgIpc) is 3.04. The molecule has 3 rings (SSSR count). The third-order valence-electron chi connectivity index (χ3n) is 3.77. The van der Waals surface area contributed by atoms with Crippen molar-refractivity contribution >= 4 is 22.0 Å². The van der Waals surface area contributed by atoms with E-state index in [9.17, 15) is 4.79 Å². The summed E-state index contributed by atoms with van der Waals surface area (Å²) in [7, 11) is 0. The second kappa shape index (κ2) is 7.17. The monoisotopic (exact) mass is 407 g/mol. The van der Waals surface area contributed by atoms with Gasteiger partial charge in [-0.25, -0.2) is 9.78 Å². The van der Waals surface area contributed by atoms with E-state index in [2.05, 4.69) is 25.9 Å². The molecule has 1 fully saturated rings. The van der Waals surface area contributed by atoms with Crippen molar-refractivity contribution < 1.29 is 14.3 Å². The number of hydrogen-bond donors (Lipinski definition) is 1. The number of amides is 1. The molecule has 1 aliphatic heterocycles. The fourth-order valence-electron chi connectivity index (χ4n) is 2.58. The van der Waals surface area contributed by atoms with Gasteiger partial charge in [-0.15, -0.1) is 0 Å². The smallest absolute Gasteiger partial charge is 0.410 e. The first kappa shape index (κ1) is 17.9. The fraction of sp³-hybridized carbons (Fsp3) is 0.444. The maximum Gasteiger partial charge on any atom is 0.410 e. The molecule has 1 saturated heterocycles. The van der Waals surface area contributed by atoms with Crippen molar-refractivity contribution in [3.05, 3.63) is 40.8 Å². The van der Waals surface area contributed by atoms with Gasteiger partial charge in [0.25, 0.3) is 0 Å². The first-order chi connectivity index (χ1) is 11.8. The predicted octanol–water partition coefficient (Wildman–Crippen LogP) is 4.15. The zero-order valence-electron chi connectivity index (χ0n) is 14.6. The molecule has 1 aromatic carbocycles. The van der Waals surface area contributed by atoms with Crippen molar-refractivity contribution in [3.63, 3.8) is 0 Å². The van der Waals surface area contributed by atoms with Crippen LogP contribution in [0.4, 0.5) is 4.79 Å². The maximum absolute atomic E-state index is 12.3. The molecule has 1 amide bonds. The van der Waals surface area contributed by atoms with Crippen molar-refractivity contribution in [2.45, 2.75) is 32.5 Å². The summed E-state index contributed by atoms with van der Waals surface area (Å²) in [6, 6.07) is 7.99. The number of hydrogen-bond acceptors (Lipinski definition) is 4. The molecule has 6 nitrogen and oxygen atoms in total. The molecule has 134 valence electrons. The van der Waals surface area contributed by atoms with Crippen LogP contribution in [0.2, 0.25) is 0 Å². The van der Waals surface area contributed by atoms with Gasteiger partial charge in [0.05, 0.1) is 25.0 Å². The van der Waals surface area contributed by atoms with Crippen molar-refractivity contribution in [2.24, 2.45) is 0 Å². The van der Waals surface area contributed by atoms with Crippen LogP contribution in [-0.4, -0.2) is 46.3 Å². The van der Waals surface area contributed by atoms with Crippen molar-refractivity contribution in [1.82, 2.24) is 14.9 Å². The Morgan fingerprint density at radius 2 is 2.08 bits per heavy atom. The minimum absolute atomic E-state index is 0.287. The lowest BCUT2D eigenvalue weighted by atomic mass is 10.2. The van der Waals surface area contributed by atoms with Gasteiger partial charge in [-0.05, 0) is 38.5 Å². The molecule has 25 heavy (non-hydrogen) atoms. The van der Waals surface area contributed by atoms with E-state index in [4.69, 9.17) is 9.47 Å². The molecule has 0 bridgehead atoms. The molecule has 1 unspecified atom stereocenters.